The maximum Gasteiger partial charge on any atom is 0.224 e. The monoisotopic (exact) mass is 299 g/mol. The van der Waals surface area contributed by atoms with E-state index < -0.39 is 0 Å². The molecular weight excluding hydrogens is 286 g/mol. The van der Waals surface area contributed by atoms with Crippen molar-refractivity contribution in [1.82, 2.24) is 9.97 Å². The molecule has 0 atom stereocenters. The molecule has 0 saturated heterocycles. The zero-order valence-corrected chi connectivity index (χ0v) is 12.0. The number of nitrogens with zero attached hydrogens (tertiary/aromatic N) is 1. The Bertz CT molecular complexity index is 765. The highest BCUT2D eigenvalue weighted by Gasteiger charge is 2.04. The molecule has 0 saturated carbocycles. The van der Waals surface area contributed by atoms with Crippen LogP contribution in [0.5, 0.6) is 0 Å². The largest absolute Gasteiger partial charge is 0.345 e. The number of H-pyrrole nitrogens is 1. The Morgan fingerprint density at radius 3 is 2.81 bits per heavy atom. The van der Waals surface area contributed by atoms with E-state index in [0.717, 1.165) is 22.3 Å². The topological polar surface area (TPSA) is 57.8 Å². The Kier molecular flexibility index (Phi) is 3.88. The highest BCUT2D eigenvalue weighted by Crippen LogP contribution is 2.15. The van der Waals surface area contributed by atoms with Crippen molar-refractivity contribution in [1.29, 1.82) is 0 Å². The molecule has 0 radical (unpaired) electrons. The van der Waals surface area contributed by atoms with Crippen LogP contribution in [-0.2, 0) is 11.2 Å². The maximum atomic E-state index is 11.9. The third kappa shape index (κ3) is 3.41. The molecule has 0 aliphatic carbocycles. The lowest BCUT2D eigenvalue weighted by atomic mass is 10.1. The van der Waals surface area contributed by atoms with E-state index in [4.69, 9.17) is 11.6 Å². The molecule has 0 aliphatic rings. The number of imidazole rings is 1. The number of nitrogens with one attached hydrogen (secondary N) is 2. The van der Waals surface area contributed by atoms with Gasteiger partial charge in [-0.1, -0.05) is 17.7 Å². The SMILES string of the molecule is O=C(CCc1ccc2nc[nH]c2c1)Nc1ccc(Cl)cc1. The Morgan fingerprint density at radius 2 is 2.00 bits per heavy atom. The van der Waals surface area contributed by atoms with Crippen molar-refractivity contribution in [3.63, 3.8) is 0 Å². The third-order valence-corrected chi connectivity index (χ3v) is 3.51. The summed E-state index contributed by atoms with van der Waals surface area (Å²) in [5, 5.41) is 3.51. The number of aromatic amines is 1. The van der Waals surface area contributed by atoms with Crippen LogP contribution in [0.25, 0.3) is 11.0 Å². The van der Waals surface area contributed by atoms with Gasteiger partial charge >= 0.3 is 0 Å². The van der Waals surface area contributed by atoms with Crippen LogP contribution in [0.4, 0.5) is 5.69 Å². The summed E-state index contributed by atoms with van der Waals surface area (Å²) >= 11 is 5.81. The van der Waals surface area contributed by atoms with Crippen LogP contribution in [0.15, 0.2) is 48.8 Å². The van der Waals surface area contributed by atoms with Gasteiger partial charge in [0.05, 0.1) is 17.4 Å². The summed E-state index contributed by atoms with van der Waals surface area (Å²) in [6.45, 7) is 0. The van der Waals surface area contributed by atoms with Gasteiger partial charge in [0.2, 0.25) is 5.91 Å². The number of aryl methyl sites for hydroxylation is 1. The standard InChI is InChI=1S/C16H14ClN3O/c17-12-3-5-13(6-4-12)20-16(21)8-2-11-1-7-14-15(9-11)19-10-18-14/h1,3-7,9-10H,2,8H2,(H,18,19)(H,20,21). The van der Waals surface area contributed by atoms with Crippen LogP contribution in [0.2, 0.25) is 5.02 Å². The van der Waals surface area contributed by atoms with Gasteiger partial charge < -0.3 is 10.3 Å². The van der Waals surface area contributed by atoms with E-state index >= 15 is 0 Å². The number of hydrogen-bond acceptors (Lipinski definition) is 2. The second kappa shape index (κ2) is 5.97. The van der Waals surface area contributed by atoms with Gasteiger partial charge in [0, 0.05) is 17.1 Å². The van der Waals surface area contributed by atoms with Crippen molar-refractivity contribution in [2.75, 3.05) is 5.32 Å². The minimum atomic E-state index is -0.0120. The number of amides is 1. The maximum absolute atomic E-state index is 11.9. The Morgan fingerprint density at radius 1 is 1.19 bits per heavy atom. The number of halogens is 1. The number of hydrogen-bond donors (Lipinski definition) is 2. The molecule has 106 valence electrons. The summed E-state index contributed by atoms with van der Waals surface area (Å²) in [6.07, 6.45) is 2.79. The summed E-state index contributed by atoms with van der Waals surface area (Å²) in [7, 11) is 0. The van der Waals surface area contributed by atoms with Crippen molar-refractivity contribution < 1.29 is 4.79 Å². The molecule has 0 aliphatic heterocycles. The number of carbonyl (C=O) groups is 1. The smallest absolute Gasteiger partial charge is 0.224 e. The number of benzene rings is 2. The summed E-state index contributed by atoms with van der Waals surface area (Å²) < 4.78 is 0. The van der Waals surface area contributed by atoms with Crippen molar-refractivity contribution in [2.45, 2.75) is 12.8 Å². The normalized spacial score (nSPS) is 10.7. The molecule has 0 spiro atoms. The minimum absolute atomic E-state index is 0.0120. The van der Waals surface area contributed by atoms with Crippen LogP contribution >= 0.6 is 11.6 Å². The third-order valence-electron chi connectivity index (χ3n) is 3.25. The lowest BCUT2D eigenvalue weighted by Crippen LogP contribution is -2.12. The fourth-order valence-corrected chi connectivity index (χ4v) is 2.28. The number of anilines is 1. The van der Waals surface area contributed by atoms with Crippen LogP contribution in [-0.4, -0.2) is 15.9 Å². The van der Waals surface area contributed by atoms with Gasteiger partial charge in [-0.2, -0.15) is 0 Å². The van der Waals surface area contributed by atoms with E-state index in [1.807, 2.05) is 18.2 Å². The number of carbonyl (C=O) groups excluding carboxylic acids is 1. The van der Waals surface area contributed by atoms with Crippen LogP contribution in [0, 0.1) is 0 Å². The van der Waals surface area contributed by atoms with E-state index in [1.165, 1.54) is 0 Å². The fraction of sp³-hybridized carbons (Fsp3) is 0.125. The molecule has 0 fully saturated rings. The van der Waals surface area contributed by atoms with Crippen molar-refractivity contribution in [3.8, 4) is 0 Å². The van der Waals surface area contributed by atoms with Crippen molar-refractivity contribution in [2.24, 2.45) is 0 Å². The second-order valence-electron chi connectivity index (χ2n) is 4.81. The molecule has 21 heavy (non-hydrogen) atoms. The minimum Gasteiger partial charge on any atom is -0.345 e. The fourth-order valence-electron chi connectivity index (χ4n) is 2.15. The molecule has 1 heterocycles. The highest BCUT2D eigenvalue weighted by atomic mass is 35.5. The number of fused-ring (bicyclic) bond motifs is 1. The Balaban J connectivity index is 1.58. The first-order valence-electron chi connectivity index (χ1n) is 6.68. The van der Waals surface area contributed by atoms with E-state index in [2.05, 4.69) is 15.3 Å². The van der Waals surface area contributed by atoms with Gasteiger partial charge in [-0.05, 0) is 48.4 Å². The first-order valence-corrected chi connectivity index (χ1v) is 7.06. The summed E-state index contributed by atoms with van der Waals surface area (Å²) in [6, 6.07) is 13.1. The van der Waals surface area contributed by atoms with E-state index in [0.29, 0.717) is 17.9 Å². The quantitative estimate of drug-likeness (QED) is 0.770. The first-order chi connectivity index (χ1) is 10.2. The Hall–Kier alpha value is -2.33. The second-order valence-corrected chi connectivity index (χ2v) is 5.25. The molecule has 3 rings (SSSR count). The van der Waals surface area contributed by atoms with Gasteiger partial charge in [0.15, 0.2) is 0 Å². The predicted molar refractivity (Wildman–Crippen MR) is 84.5 cm³/mol. The lowest BCUT2D eigenvalue weighted by Gasteiger charge is -2.05. The molecule has 2 N–H and O–H groups in total. The zero-order chi connectivity index (χ0) is 14.7. The van der Waals surface area contributed by atoms with Gasteiger partial charge in [0.25, 0.3) is 0 Å². The van der Waals surface area contributed by atoms with Crippen LogP contribution < -0.4 is 5.32 Å². The van der Waals surface area contributed by atoms with Crippen molar-refractivity contribution in [3.05, 3.63) is 59.4 Å². The van der Waals surface area contributed by atoms with E-state index in [9.17, 15) is 4.79 Å². The van der Waals surface area contributed by atoms with Gasteiger partial charge in [0.1, 0.15) is 0 Å². The summed E-state index contributed by atoms with van der Waals surface area (Å²) in [5.41, 5.74) is 3.79. The molecule has 2 aromatic carbocycles. The van der Waals surface area contributed by atoms with Gasteiger partial charge in [-0.25, -0.2) is 4.98 Å². The molecule has 5 heteroatoms. The molecule has 3 aromatic rings. The van der Waals surface area contributed by atoms with Gasteiger partial charge in [-0.3, -0.25) is 4.79 Å². The van der Waals surface area contributed by atoms with Gasteiger partial charge in [-0.15, -0.1) is 0 Å². The average molecular weight is 300 g/mol. The molecule has 0 unspecified atom stereocenters. The molecule has 4 nitrogen and oxygen atoms in total. The summed E-state index contributed by atoms with van der Waals surface area (Å²) in [4.78, 5) is 19.2. The van der Waals surface area contributed by atoms with E-state index in [-0.39, 0.29) is 5.91 Å². The number of rotatable bonds is 4. The predicted octanol–water partition coefficient (Wildman–Crippen LogP) is 3.79. The summed E-state index contributed by atoms with van der Waals surface area (Å²) in [5.74, 6) is -0.0120. The van der Waals surface area contributed by atoms with Crippen LogP contribution in [0.1, 0.15) is 12.0 Å². The van der Waals surface area contributed by atoms with Crippen molar-refractivity contribution >= 4 is 34.2 Å². The lowest BCUT2D eigenvalue weighted by molar-refractivity contribution is -0.116. The average Bonchev–Trinajstić information content (AvgIpc) is 2.95. The van der Waals surface area contributed by atoms with Crippen LogP contribution in [0.3, 0.4) is 0 Å². The molecule has 1 amide bonds. The molecule has 0 bridgehead atoms. The zero-order valence-electron chi connectivity index (χ0n) is 11.3. The van der Waals surface area contributed by atoms with E-state index in [1.54, 1.807) is 30.6 Å². The number of aromatic nitrogens is 2. The highest BCUT2D eigenvalue weighted by molar-refractivity contribution is 6.30. The Labute approximate surface area is 127 Å². The molecular formula is C16H14ClN3O. The first kappa shape index (κ1) is 13.6. The molecule has 1 aromatic heterocycles.